The molecule has 2 aromatic rings. The molecule has 0 amide bonds. The molecule has 4 heteroatoms. The third-order valence-corrected chi connectivity index (χ3v) is 4.38. The Kier molecular flexibility index (Phi) is 6.77. The van der Waals surface area contributed by atoms with Gasteiger partial charge in [0.05, 0.1) is 6.61 Å². The van der Waals surface area contributed by atoms with Gasteiger partial charge >= 0.3 is 0 Å². The Bertz CT molecular complexity index is 478. The number of unbranched alkanes of at least 4 members (excludes halogenated alkanes) is 1. The minimum atomic E-state index is 0.737. The van der Waals surface area contributed by atoms with Gasteiger partial charge in [-0.25, -0.2) is 0 Å². The average Bonchev–Trinajstić information content (AvgIpc) is 2.50. The van der Waals surface area contributed by atoms with Crippen LogP contribution in [-0.4, -0.2) is 12.4 Å². The van der Waals surface area contributed by atoms with Crippen molar-refractivity contribution in [2.45, 2.75) is 18.6 Å². The van der Waals surface area contributed by atoms with Gasteiger partial charge in [-0.05, 0) is 60.6 Å². The van der Waals surface area contributed by atoms with E-state index >= 15 is 0 Å². The first-order valence-electron chi connectivity index (χ1n) is 7.04. The van der Waals surface area contributed by atoms with Gasteiger partial charge < -0.3 is 10.5 Å². The third kappa shape index (κ3) is 6.32. The molecule has 0 heterocycles. The van der Waals surface area contributed by atoms with Crippen LogP contribution < -0.4 is 10.5 Å². The quantitative estimate of drug-likeness (QED) is 0.548. The maximum Gasteiger partial charge on any atom is 0.119 e. The number of hydrogen-bond donors (Lipinski definition) is 1. The van der Waals surface area contributed by atoms with E-state index in [1.807, 2.05) is 48.2 Å². The number of benzene rings is 2. The van der Waals surface area contributed by atoms with Crippen LogP contribution in [0.1, 0.15) is 18.4 Å². The maximum absolute atomic E-state index is 5.82. The second-order valence-electron chi connectivity index (χ2n) is 4.80. The van der Waals surface area contributed by atoms with Gasteiger partial charge in [-0.15, -0.1) is 0 Å². The van der Waals surface area contributed by atoms with Gasteiger partial charge in [0.15, 0.2) is 0 Å². The number of nitrogen functional groups attached to an aromatic ring is 1. The highest BCUT2D eigenvalue weighted by Crippen LogP contribution is 2.17. The molecule has 0 atom stereocenters. The van der Waals surface area contributed by atoms with Gasteiger partial charge in [-0.3, -0.25) is 0 Å². The van der Waals surface area contributed by atoms with Crippen LogP contribution in [0.25, 0.3) is 0 Å². The molecular weight excluding hydrogens is 302 g/mol. The molecule has 2 N–H and O–H groups in total. The molecule has 0 aliphatic heterocycles. The van der Waals surface area contributed by atoms with Crippen molar-refractivity contribution in [1.82, 2.24) is 0 Å². The number of hydrogen-bond acceptors (Lipinski definition) is 3. The topological polar surface area (TPSA) is 35.2 Å². The minimum absolute atomic E-state index is 0.737. The van der Waals surface area contributed by atoms with Crippen LogP contribution in [0.4, 0.5) is 5.69 Å². The van der Waals surface area contributed by atoms with Gasteiger partial charge in [0.2, 0.25) is 0 Å². The van der Waals surface area contributed by atoms with Gasteiger partial charge in [0.25, 0.3) is 0 Å². The zero-order chi connectivity index (χ0) is 14.9. The maximum atomic E-state index is 5.82. The van der Waals surface area contributed by atoms with Crippen LogP contribution in [0.3, 0.4) is 0 Å². The van der Waals surface area contributed by atoms with Gasteiger partial charge in [-0.2, -0.15) is 11.8 Å². The molecule has 0 bridgehead atoms. The summed E-state index contributed by atoms with van der Waals surface area (Å²) in [5.74, 6) is 3.07. The molecule has 0 spiro atoms. The first kappa shape index (κ1) is 16.1. The van der Waals surface area contributed by atoms with Crippen LogP contribution in [0.15, 0.2) is 48.5 Å². The van der Waals surface area contributed by atoms with Gasteiger partial charge in [0, 0.05) is 16.5 Å². The van der Waals surface area contributed by atoms with Crippen molar-refractivity contribution >= 4 is 29.1 Å². The van der Waals surface area contributed by atoms with Crippen LogP contribution in [-0.2, 0) is 5.75 Å². The van der Waals surface area contributed by atoms with Crippen molar-refractivity contribution in [3.8, 4) is 5.75 Å². The number of nitrogens with two attached hydrogens (primary N) is 1. The number of rotatable bonds is 8. The van der Waals surface area contributed by atoms with E-state index in [4.69, 9.17) is 22.1 Å². The normalized spacial score (nSPS) is 10.5. The van der Waals surface area contributed by atoms with E-state index in [-0.39, 0.29) is 0 Å². The summed E-state index contributed by atoms with van der Waals surface area (Å²) in [6, 6.07) is 15.6. The molecule has 0 unspecified atom stereocenters. The molecule has 0 radical (unpaired) electrons. The summed E-state index contributed by atoms with van der Waals surface area (Å²) in [4.78, 5) is 0. The van der Waals surface area contributed by atoms with Crippen LogP contribution in [0, 0.1) is 0 Å². The average molecular weight is 322 g/mol. The molecule has 0 saturated carbocycles. The molecule has 2 aromatic carbocycles. The molecule has 2 rings (SSSR count). The Morgan fingerprint density at radius 3 is 2.38 bits per heavy atom. The van der Waals surface area contributed by atoms with E-state index in [0.717, 1.165) is 47.4 Å². The highest BCUT2D eigenvalue weighted by molar-refractivity contribution is 7.98. The zero-order valence-corrected chi connectivity index (χ0v) is 13.5. The largest absolute Gasteiger partial charge is 0.494 e. The molecule has 2 nitrogen and oxygen atoms in total. The third-order valence-electron chi connectivity index (χ3n) is 3.01. The smallest absolute Gasteiger partial charge is 0.119 e. The number of halogens is 1. The van der Waals surface area contributed by atoms with Crippen molar-refractivity contribution in [1.29, 1.82) is 0 Å². The first-order chi connectivity index (χ1) is 10.2. The van der Waals surface area contributed by atoms with Crippen LogP contribution >= 0.6 is 23.4 Å². The van der Waals surface area contributed by atoms with E-state index in [0.29, 0.717) is 0 Å². The summed E-state index contributed by atoms with van der Waals surface area (Å²) < 4.78 is 5.66. The minimum Gasteiger partial charge on any atom is -0.494 e. The number of ether oxygens (including phenoxy) is 1. The molecule has 112 valence electrons. The van der Waals surface area contributed by atoms with Crippen LogP contribution in [0.5, 0.6) is 5.75 Å². The first-order valence-corrected chi connectivity index (χ1v) is 8.58. The zero-order valence-electron chi connectivity index (χ0n) is 11.9. The fourth-order valence-corrected chi connectivity index (χ4v) is 2.94. The van der Waals surface area contributed by atoms with Crippen molar-refractivity contribution in [2.75, 3.05) is 18.1 Å². The Morgan fingerprint density at radius 2 is 1.67 bits per heavy atom. The predicted octanol–water partition coefficient (Wildman–Crippen LogP) is 5.01. The van der Waals surface area contributed by atoms with Crippen molar-refractivity contribution in [3.05, 3.63) is 59.1 Å². The molecule has 0 aromatic heterocycles. The van der Waals surface area contributed by atoms with Gasteiger partial charge in [-0.1, -0.05) is 23.7 Å². The van der Waals surface area contributed by atoms with E-state index in [1.54, 1.807) is 0 Å². The lowest BCUT2D eigenvalue weighted by Crippen LogP contribution is -1.97. The Hall–Kier alpha value is -1.32. The fraction of sp³-hybridized carbons (Fsp3) is 0.294. The van der Waals surface area contributed by atoms with Crippen molar-refractivity contribution in [2.24, 2.45) is 0 Å². The molecule has 0 fully saturated rings. The second-order valence-corrected chi connectivity index (χ2v) is 6.35. The standard InChI is InChI=1S/C17H20ClNOS/c18-15-5-9-17(10-6-15)20-11-1-2-12-21-13-14-3-7-16(19)8-4-14/h3-10H,1-2,11-13,19H2. The van der Waals surface area contributed by atoms with Crippen LogP contribution in [0.2, 0.25) is 5.02 Å². The molecular formula is C17H20ClNOS. The summed E-state index contributed by atoms with van der Waals surface area (Å²) in [7, 11) is 0. The van der Waals surface area contributed by atoms with Crippen molar-refractivity contribution < 1.29 is 4.74 Å². The highest BCUT2D eigenvalue weighted by atomic mass is 35.5. The Labute approximate surface area is 135 Å². The summed E-state index contributed by atoms with van der Waals surface area (Å²) in [5, 5.41) is 0.737. The SMILES string of the molecule is Nc1ccc(CSCCCCOc2ccc(Cl)cc2)cc1. The molecule has 0 saturated heterocycles. The van der Waals surface area contributed by atoms with E-state index in [1.165, 1.54) is 5.56 Å². The van der Waals surface area contributed by atoms with E-state index in [9.17, 15) is 0 Å². The van der Waals surface area contributed by atoms with E-state index < -0.39 is 0 Å². The second kappa shape index (κ2) is 8.85. The molecule has 0 aliphatic rings. The summed E-state index contributed by atoms with van der Waals surface area (Å²) in [6.45, 7) is 0.754. The summed E-state index contributed by atoms with van der Waals surface area (Å²) in [5.41, 5.74) is 7.81. The number of anilines is 1. The Balaban J connectivity index is 1.52. The molecule has 0 aliphatic carbocycles. The monoisotopic (exact) mass is 321 g/mol. The lowest BCUT2D eigenvalue weighted by Gasteiger charge is -2.06. The summed E-state index contributed by atoms with van der Waals surface area (Å²) >= 11 is 7.77. The molecule has 21 heavy (non-hydrogen) atoms. The van der Waals surface area contributed by atoms with Gasteiger partial charge in [0.1, 0.15) is 5.75 Å². The summed E-state index contributed by atoms with van der Waals surface area (Å²) in [6.07, 6.45) is 2.23. The lowest BCUT2D eigenvalue weighted by molar-refractivity contribution is 0.310. The predicted molar refractivity (Wildman–Crippen MR) is 93.2 cm³/mol. The number of thioether (sulfide) groups is 1. The fourth-order valence-electron chi connectivity index (χ4n) is 1.83. The highest BCUT2D eigenvalue weighted by Gasteiger charge is 1.96. The Morgan fingerprint density at radius 1 is 0.952 bits per heavy atom. The van der Waals surface area contributed by atoms with E-state index in [2.05, 4.69) is 12.1 Å². The lowest BCUT2D eigenvalue weighted by atomic mass is 10.2. The van der Waals surface area contributed by atoms with Crippen molar-refractivity contribution in [3.63, 3.8) is 0 Å².